The molecule has 1 saturated heterocycles. The van der Waals surface area contributed by atoms with Gasteiger partial charge in [0.25, 0.3) is 0 Å². The van der Waals surface area contributed by atoms with E-state index in [0.717, 1.165) is 6.04 Å². The Bertz CT molecular complexity index is 85.0. The van der Waals surface area contributed by atoms with E-state index in [1.807, 2.05) is 0 Å². The summed E-state index contributed by atoms with van der Waals surface area (Å²) in [6.07, 6.45) is 4.25. The Balaban J connectivity index is 2.22. The van der Waals surface area contributed by atoms with Crippen molar-refractivity contribution in [3.63, 3.8) is 0 Å². The molecule has 0 aliphatic carbocycles. The zero-order valence-electron chi connectivity index (χ0n) is 6.56. The molecule has 0 N–H and O–H groups in total. The maximum absolute atomic E-state index is 2.49. The third-order valence-corrected chi connectivity index (χ3v) is 2.29. The van der Waals surface area contributed by atoms with Crippen LogP contribution in [0.4, 0.5) is 0 Å². The Morgan fingerprint density at radius 1 is 1.67 bits per heavy atom. The van der Waals surface area contributed by atoms with Crippen LogP contribution in [0.3, 0.4) is 0 Å². The molecule has 48 valence electrons. The van der Waals surface area contributed by atoms with Gasteiger partial charge in [0.05, 0.1) is 0 Å². The van der Waals surface area contributed by atoms with Crippen molar-refractivity contribution in [2.24, 2.45) is 0 Å². The van der Waals surface area contributed by atoms with Crippen molar-refractivity contribution in [3.05, 3.63) is 0 Å². The van der Waals surface area contributed by atoms with Crippen LogP contribution >= 0.6 is 0 Å². The van der Waals surface area contributed by atoms with Crippen molar-refractivity contribution in [3.8, 4) is 0 Å². The molecular weight excluding hydrogens is 105 g/mol. The quantitative estimate of drug-likeness (QED) is 0.491. The molecule has 1 unspecified atom stereocenters. The summed E-state index contributed by atoms with van der Waals surface area (Å²) < 4.78 is 0. The van der Waals surface area contributed by atoms with Gasteiger partial charge in [0.2, 0.25) is 0 Å². The zero-order valence-corrected chi connectivity index (χ0v) is 6.56. The van der Waals surface area contributed by atoms with Gasteiger partial charge in [-0.2, -0.15) is 0 Å². The van der Waals surface area contributed by atoms with E-state index in [9.17, 15) is 0 Å². The minimum atomic E-state index is 0.912. The van der Waals surface area contributed by atoms with Crippen LogP contribution < -0.4 is 0 Å². The average molecular weight is 119 g/mol. The first-order chi connectivity index (χ1) is 4.34. The molecular formula is C7H14LiN. The van der Waals surface area contributed by atoms with Crippen LogP contribution in [0.5, 0.6) is 0 Å². The Morgan fingerprint density at radius 2 is 2.44 bits per heavy atom. The van der Waals surface area contributed by atoms with Crippen molar-refractivity contribution in [1.82, 2.24) is 4.90 Å². The second-order valence-corrected chi connectivity index (χ2v) is 3.07. The standard InChI is InChI=1S/C7H14N.Li/c1-3-7-5-4-6-8(7)2;/h7H,1,3-6H2,2H3;. The normalized spacial score (nSPS) is 29.4. The van der Waals surface area contributed by atoms with E-state index in [0.29, 0.717) is 0 Å². The maximum atomic E-state index is 2.49. The summed E-state index contributed by atoms with van der Waals surface area (Å²) >= 11 is 2.27. The van der Waals surface area contributed by atoms with Gasteiger partial charge in [-0.1, -0.05) is 0 Å². The van der Waals surface area contributed by atoms with Crippen LogP contribution in [0.15, 0.2) is 0 Å². The summed E-state index contributed by atoms with van der Waals surface area (Å²) in [6.45, 7) is 1.32. The Labute approximate surface area is 67.0 Å². The predicted molar refractivity (Wildman–Crippen MR) is 40.8 cm³/mol. The summed E-state index contributed by atoms with van der Waals surface area (Å²) in [6, 6.07) is 0.912. The van der Waals surface area contributed by atoms with Gasteiger partial charge in [-0.05, 0) is 0 Å². The predicted octanol–water partition coefficient (Wildman–Crippen LogP) is 1.06. The van der Waals surface area contributed by atoms with E-state index < -0.39 is 0 Å². The molecule has 1 aliphatic rings. The molecule has 0 aromatic rings. The van der Waals surface area contributed by atoms with Crippen LogP contribution in [-0.2, 0) is 0 Å². The van der Waals surface area contributed by atoms with Gasteiger partial charge < -0.3 is 0 Å². The molecule has 1 aliphatic heterocycles. The van der Waals surface area contributed by atoms with Crippen molar-refractivity contribution in [2.45, 2.75) is 30.4 Å². The van der Waals surface area contributed by atoms with E-state index in [-0.39, 0.29) is 0 Å². The van der Waals surface area contributed by atoms with Gasteiger partial charge in [0.15, 0.2) is 0 Å². The molecule has 9 heavy (non-hydrogen) atoms. The molecule has 1 rings (SSSR count). The van der Waals surface area contributed by atoms with Crippen molar-refractivity contribution in [2.75, 3.05) is 13.6 Å². The first kappa shape index (κ1) is 7.66. The van der Waals surface area contributed by atoms with Gasteiger partial charge in [-0.3, -0.25) is 0 Å². The molecule has 1 nitrogen and oxygen atoms in total. The monoisotopic (exact) mass is 119 g/mol. The van der Waals surface area contributed by atoms with E-state index in [1.54, 1.807) is 0 Å². The number of hydrogen-bond acceptors (Lipinski definition) is 1. The fourth-order valence-electron chi connectivity index (χ4n) is 1.68. The number of nitrogens with zero attached hydrogens (tertiary/aromatic N) is 1. The fourth-order valence-corrected chi connectivity index (χ4v) is 1.68. The van der Waals surface area contributed by atoms with E-state index in [2.05, 4.69) is 29.7 Å². The second-order valence-electron chi connectivity index (χ2n) is 3.07. The molecule has 0 spiro atoms. The number of likely N-dealkylation sites (tertiary alicyclic amines) is 1. The van der Waals surface area contributed by atoms with Gasteiger partial charge in [0.1, 0.15) is 0 Å². The third kappa shape index (κ3) is 2.00. The molecule has 0 aromatic carbocycles. The van der Waals surface area contributed by atoms with Crippen LogP contribution in [0.25, 0.3) is 0 Å². The Kier molecular flexibility index (Phi) is 3.12. The molecule has 0 radical (unpaired) electrons. The average Bonchev–Trinajstić information content (AvgIpc) is 2.18. The first-order valence-electron chi connectivity index (χ1n) is 4.05. The molecule has 1 atom stereocenters. The third-order valence-electron chi connectivity index (χ3n) is 2.29. The van der Waals surface area contributed by atoms with Crippen molar-refractivity contribution in [1.29, 1.82) is 0 Å². The van der Waals surface area contributed by atoms with Gasteiger partial charge >= 0.3 is 66.6 Å². The van der Waals surface area contributed by atoms with E-state index >= 15 is 0 Å². The molecule has 0 amide bonds. The van der Waals surface area contributed by atoms with Crippen LogP contribution in [-0.4, -0.2) is 42.2 Å². The SMILES string of the molecule is [Li][CH2]CC1CCCN1C. The summed E-state index contributed by atoms with van der Waals surface area (Å²) in [5.74, 6) is 0. The molecule has 1 heterocycles. The van der Waals surface area contributed by atoms with Crippen molar-refractivity contribution < 1.29 is 0 Å². The summed E-state index contributed by atoms with van der Waals surface area (Å²) in [7, 11) is 2.24. The van der Waals surface area contributed by atoms with Crippen LogP contribution in [0.2, 0.25) is 5.09 Å². The van der Waals surface area contributed by atoms with E-state index in [4.69, 9.17) is 0 Å². The van der Waals surface area contributed by atoms with Gasteiger partial charge in [-0.15, -0.1) is 0 Å². The summed E-state index contributed by atoms with van der Waals surface area (Å²) in [5, 5.41) is 1.34. The van der Waals surface area contributed by atoms with Crippen LogP contribution in [0, 0.1) is 0 Å². The van der Waals surface area contributed by atoms with Crippen molar-refractivity contribution >= 4 is 17.7 Å². The summed E-state index contributed by atoms with van der Waals surface area (Å²) in [4.78, 5) is 2.49. The van der Waals surface area contributed by atoms with E-state index in [1.165, 1.54) is 30.9 Å². The van der Waals surface area contributed by atoms with Crippen LogP contribution in [0.1, 0.15) is 19.3 Å². The zero-order chi connectivity index (χ0) is 6.69. The Morgan fingerprint density at radius 3 is 2.89 bits per heavy atom. The fraction of sp³-hybridized carbons (Fsp3) is 1.00. The molecule has 0 aromatic heterocycles. The Hall–Kier alpha value is 0.557. The molecule has 2 heteroatoms. The second kappa shape index (κ2) is 3.66. The topological polar surface area (TPSA) is 3.24 Å². The number of rotatable bonds is 2. The van der Waals surface area contributed by atoms with Gasteiger partial charge in [-0.25, -0.2) is 0 Å². The molecule has 1 fully saturated rings. The summed E-state index contributed by atoms with van der Waals surface area (Å²) in [5.41, 5.74) is 0. The minimum absolute atomic E-state index is 0.912. The first-order valence-corrected chi connectivity index (χ1v) is 4.05. The molecule has 0 bridgehead atoms. The van der Waals surface area contributed by atoms with Gasteiger partial charge in [0, 0.05) is 0 Å². The molecule has 0 saturated carbocycles. The number of hydrogen-bond donors (Lipinski definition) is 0.